The zero-order chi connectivity index (χ0) is 19.3. The average molecular weight is 369 g/mol. The van der Waals surface area contributed by atoms with Crippen molar-refractivity contribution in [1.29, 1.82) is 0 Å². The van der Waals surface area contributed by atoms with Crippen LogP contribution in [0.3, 0.4) is 0 Å². The Bertz CT molecular complexity index is 1090. The summed E-state index contributed by atoms with van der Waals surface area (Å²) in [5, 5.41) is 7.70. The Labute approximate surface area is 163 Å². The number of hydrogen-bond acceptors (Lipinski definition) is 3. The minimum Gasteiger partial charge on any atom is -0.496 e. The van der Waals surface area contributed by atoms with E-state index in [1.165, 1.54) is 0 Å². The highest BCUT2D eigenvalue weighted by atomic mass is 16.5. The summed E-state index contributed by atoms with van der Waals surface area (Å²) in [6.07, 6.45) is 1.82. The molecular formula is C23H19N3O2. The maximum absolute atomic E-state index is 12.9. The molecule has 28 heavy (non-hydrogen) atoms. The number of rotatable bonds is 5. The van der Waals surface area contributed by atoms with E-state index in [1.54, 1.807) is 23.9 Å². The number of methoxy groups -OCH3 is 1. The summed E-state index contributed by atoms with van der Waals surface area (Å²) in [6, 6.07) is 26.7. The molecule has 0 saturated carbocycles. The number of amides is 1. The third-order valence-corrected chi connectivity index (χ3v) is 4.38. The van der Waals surface area contributed by atoms with Gasteiger partial charge in [-0.15, -0.1) is 0 Å². The lowest BCUT2D eigenvalue weighted by Gasteiger charge is -2.09. The van der Waals surface area contributed by atoms with E-state index in [1.807, 2.05) is 79.0 Å². The van der Waals surface area contributed by atoms with Crippen LogP contribution >= 0.6 is 0 Å². The minimum atomic E-state index is -0.248. The normalized spacial score (nSPS) is 10.5. The first-order valence-corrected chi connectivity index (χ1v) is 8.91. The van der Waals surface area contributed by atoms with Gasteiger partial charge in [-0.1, -0.05) is 60.7 Å². The molecule has 5 heteroatoms. The Morgan fingerprint density at radius 2 is 1.54 bits per heavy atom. The zero-order valence-electron chi connectivity index (χ0n) is 15.4. The van der Waals surface area contributed by atoms with Crippen molar-refractivity contribution in [1.82, 2.24) is 9.78 Å². The van der Waals surface area contributed by atoms with Crippen molar-refractivity contribution in [3.05, 3.63) is 96.7 Å². The van der Waals surface area contributed by atoms with E-state index >= 15 is 0 Å². The van der Waals surface area contributed by atoms with Gasteiger partial charge >= 0.3 is 0 Å². The molecule has 0 unspecified atom stereocenters. The molecule has 4 aromatic rings. The smallest absolute Gasteiger partial charge is 0.259 e. The standard InChI is InChI=1S/C23H19N3O2/c1-28-21-15-9-8-14-19(21)23(27)24-20-16-26(18-12-6-3-7-13-18)25-22(20)17-10-4-2-5-11-17/h2-16H,1H3,(H,24,27). The highest BCUT2D eigenvalue weighted by molar-refractivity contribution is 6.07. The number of benzene rings is 3. The van der Waals surface area contributed by atoms with Crippen LogP contribution in [0.5, 0.6) is 5.75 Å². The summed E-state index contributed by atoms with van der Waals surface area (Å²) in [6.45, 7) is 0. The highest BCUT2D eigenvalue weighted by Crippen LogP contribution is 2.29. The topological polar surface area (TPSA) is 56.1 Å². The Kier molecular flexibility index (Phi) is 4.89. The monoisotopic (exact) mass is 369 g/mol. The lowest BCUT2D eigenvalue weighted by Crippen LogP contribution is -2.13. The largest absolute Gasteiger partial charge is 0.496 e. The number of anilines is 1. The van der Waals surface area contributed by atoms with Gasteiger partial charge in [0.2, 0.25) is 0 Å². The minimum absolute atomic E-state index is 0.248. The molecule has 4 rings (SSSR count). The van der Waals surface area contributed by atoms with Crippen LogP contribution in [-0.2, 0) is 0 Å². The number of ether oxygens (including phenoxy) is 1. The predicted molar refractivity (Wildman–Crippen MR) is 110 cm³/mol. The second kappa shape index (κ2) is 7.80. The summed E-state index contributed by atoms with van der Waals surface area (Å²) < 4.78 is 7.08. The van der Waals surface area contributed by atoms with Gasteiger partial charge in [-0.2, -0.15) is 5.10 Å². The van der Waals surface area contributed by atoms with Crippen molar-refractivity contribution >= 4 is 11.6 Å². The van der Waals surface area contributed by atoms with E-state index in [0.717, 1.165) is 11.3 Å². The van der Waals surface area contributed by atoms with Crippen LogP contribution in [0.1, 0.15) is 10.4 Å². The Morgan fingerprint density at radius 3 is 2.25 bits per heavy atom. The molecule has 1 heterocycles. The number of carbonyl (C=O) groups is 1. The van der Waals surface area contributed by atoms with E-state index < -0.39 is 0 Å². The predicted octanol–water partition coefficient (Wildman–Crippen LogP) is 4.80. The van der Waals surface area contributed by atoms with Crippen molar-refractivity contribution in [2.45, 2.75) is 0 Å². The van der Waals surface area contributed by atoms with Gasteiger partial charge in [0.25, 0.3) is 5.91 Å². The van der Waals surface area contributed by atoms with E-state index in [4.69, 9.17) is 9.84 Å². The lowest BCUT2D eigenvalue weighted by atomic mass is 10.1. The van der Waals surface area contributed by atoms with Gasteiger partial charge in [-0.3, -0.25) is 4.79 Å². The van der Waals surface area contributed by atoms with Crippen LogP contribution in [0.15, 0.2) is 91.1 Å². The molecule has 0 radical (unpaired) electrons. The maximum atomic E-state index is 12.9. The fraction of sp³-hybridized carbons (Fsp3) is 0.0435. The van der Waals surface area contributed by atoms with E-state index in [2.05, 4.69) is 5.32 Å². The maximum Gasteiger partial charge on any atom is 0.259 e. The first kappa shape index (κ1) is 17.5. The molecule has 1 N–H and O–H groups in total. The molecule has 0 spiro atoms. The number of nitrogens with zero attached hydrogens (tertiary/aromatic N) is 2. The Morgan fingerprint density at radius 1 is 0.893 bits per heavy atom. The van der Waals surface area contributed by atoms with E-state index in [9.17, 15) is 4.79 Å². The summed E-state index contributed by atoms with van der Waals surface area (Å²) in [7, 11) is 1.55. The quantitative estimate of drug-likeness (QED) is 0.550. The van der Waals surface area contributed by atoms with Gasteiger partial charge in [-0.25, -0.2) is 4.68 Å². The first-order valence-electron chi connectivity index (χ1n) is 8.91. The van der Waals surface area contributed by atoms with Crippen LogP contribution in [0.2, 0.25) is 0 Å². The molecule has 0 aliphatic heterocycles. The number of para-hydroxylation sites is 2. The van der Waals surface area contributed by atoms with Gasteiger partial charge in [0.1, 0.15) is 11.4 Å². The number of carbonyl (C=O) groups excluding carboxylic acids is 1. The SMILES string of the molecule is COc1ccccc1C(=O)Nc1cn(-c2ccccc2)nc1-c1ccccc1. The molecule has 5 nitrogen and oxygen atoms in total. The van der Waals surface area contributed by atoms with Crippen LogP contribution in [0.4, 0.5) is 5.69 Å². The molecule has 3 aromatic carbocycles. The third-order valence-electron chi connectivity index (χ3n) is 4.38. The average Bonchev–Trinajstić information content (AvgIpc) is 3.18. The van der Waals surface area contributed by atoms with Gasteiger partial charge in [-0.05, 0) is 24.3 Å². The molecule has 0 fully saturated rings. The van der Waals surface area contributed by atoms with Crippen molar-refractivity contribution < 1.29 is 9.53 Å². The molecule has 0 aliphatic rings. The molecule has 0 saturated heterocycles. The van der Waals surface area contributed by atoms with Crippen molar-refractivity contribution in [2.24, 2.45) is 0 Å². The van der Waals surface area contributed by atoms with Crippen LogP contribution in [-0.4, -0.2) is 22.8 Å². The lowest BCUT2D eigenvalue weighted by molar-refractivity contribution is 0.102. The molecule has 1 amide bonds. The summed E-state index contributed by atoms with van der Waals surface area (Å²) >= 11 is 0. The molecule has 0 bridgehead atoms. The highest BCUT2D eigenvalue weighted by Gasteiger charge is 2.17. The van der Waals surface area contributed by atoms with Gasteiger partial charge in [0, 0.05) is 5.56 Å². The summed E-state index contributed by atoms with van der Waals surface area (Å²) in [4.78, 5) is 12.9. The Hall–Kier alpha value is -3.86. The van der Waals surface area contributed by atoms with E-state index in [0.29, 0.717) is 22.7 Å². The van der Waals surface area contributed by atoms with Gasteiger partial charge in [0.15, 0.2) is 0 Å². The number of hydrogen-bond donors (Lipinski definition) is 1. The van der Waals surface area contributed by atoms with E-state index in [-0.39, 0.29) is 5.91 Å². The second-order valence-corrected chi connectivity index (χ2v) is 6.19. The summed E-state index contributed by atoms with van der Waals surface area (Å²) in [5.74, 6) is 0.277. The fourth-order valence-electron chi connectivity index (χ4n) is 3.01. The third kappa shape index (κ3) is 3.50. The van der Waals surface area contributed by atoms with Crippen molar-refractivity contribution in [2.75, 3.05) is 12.4 Å². The molecule has 0 aliphatic carbocycles. The number of nitrogens with one attached hydrogen (secondary N) is 1. The van der Waals surface area contributed by atoms with Crippen LogP contribution in [0.25, 0.3) is 16.9 Å². The molecule has 138 valence electrons. The Balaban J connectivity index is 1.75. The zero-order valence-corrected chi connectivity index (χ0v) is 15.4. The second-order valence-electron chi connectivity index (χ2n) is 6.19. The molecular weight excluding hydrogens is 350 g/mol. The van der Waals surface area contributed by atoms with Gasteiger partial charge in [0.05, 0.1) is 30.2 Å². The first-order chi connectivity index (χ1) is 13.8. The van der Waals surface area contributed by atoms with Crippen LogP contribution in [0, 0.1) is 0 Å². The van der Waals surface area contributed by atoms with Crippen LogP contribution < -0.4 is 10.1 Å². The van der Waals surface area contributed by atoms with Crippen molar-refractivity contribution in [3.63, 3.8) is 0 Å². The molecule has 1 aromatic heterocycles. The summed E-state index contributed by atoms with van der Waals surface area (Å²) in [5.41, 5.74) is 3.64. The molecule has 0 atom stereocenters. The number of aromatic nitrogens is 2. The van der Waals surface area contributed by atoms with Crippen molar-refractivity contribution in [3.8, 4) is 22.7 Å². The van der Waals surface area contributed by atoms with Gasteiger partial charge < -0.3 is 10.1 Å². The fourth-order valence-corrected chi connectivity index (χ4v) is 3.01.